The van der Waals surface area contributed by atoms with Crippen LogP contribution in [-0.2, 0) is 9.59 Å². The minimum absolute atomic E-state index is 0. The summed E-state index contributed by atoms with van der Waals surface area (Å²) in [5.74, 6) is 0.372. The van der Waals surface area contributed by atoms with Gasteiger partial charge in [0.05, 0.1) is 12.6 Å². The zero-order chi connectivity index (χ0) is 14.6. The molecule has 0 bridgehead atoms. The largest absolute Gasteiger partial charge is 0.346 e. The number of carbonyl (C=O) groups excluding carboxylic acids is 2. The topological polar surface area (TPSA) is 75.4 Å². The number of likely N-dealkylation sites (tertiary alicyclic amines) is 1. The molecule has 3 atom stereocenters. The molecule has 0 spiro atoms. The van der Waals surface area contributed by atoms with E-state index in [0.29, 0.717) is 12.0 Å². The van der Waals surface area contributed by atoms with Crippen molar-refractivity contribution < 1.29 is 9.59 Å². The standard InChI is InChI=1S/C14H27N3O2.ClH/c1-5-11-6-10(4)8-17(11)12(18)7-16-14(19)13(15)9(2)3;/h9-11,13H,5-8,15H2,1-4H3,(H,16,19);1H/t10?,11?,13-;/m0./s1. The molecule has 1 heterocycles. The van der Waals surface area contributed by atoms with Crippen molar-refractivity contribution in [3.8, 4) is 0 Å². The van der Waals surface area contributed by atoms with Crippen LogP contribution in [0, 0.1) is 11.8 Å². The van der Waals surface area contributed by atoms with Crippen LogP contribution in [0.5, 0.6) is 0 Å². The number of nitrogens with two attached hydrogens (primary N) is 1. The van der Waals surface area contributed by atoms with E-state index in [4.69, 9.17) is 5.73 Å². The Morgan fingerprint density at radius 3 is 2.50 bits per heavy atom. The highest BCUT2D eigenvalue weighted by molar-refractivity contribution is 5.87. The highest BCUT2D eigenvalue weighted by Crippen LogP contribution is 2.24. The van der Waals surface area contributed by atoms with Crippen LogP contribution in [0.3, 0.4) is 0 Å². The van der Waals surface area contributed by atoms with E-state index in [2.05, 4.69) is 19.2 Å². The van der Waals surface area contributed by atoms with Crippen molar-refractivity contribution in [1.29, 1.82) is 0 Å². The minimum Gasteiger partial charge on any atom is -0.346 e. The third kappa shape index (κ3) is 4.94. The first-order chi connectivity index (χ1) is 8.86. The lowest BCUT2D eigenvalue weighted by Crippen LogP contribution is -2.48. The summed E-state index contributed by atoms with van der Waals surface area (Å²) in [5, 5.41) is 2.64. The third-order valence-electron chi connectivity index (χ3n) is 3.85. The molecule has 1 rings (SSSR count). The molecule has 2 amide bonds. The molecule has 0 aromatic heterocycles. The van der Waals surface area contributed by atoms with Gasteiger partial charge < -0.3 is 16.0 Å². The first kappa shape index (κ1) is 19.2. The van der Waals surface area contributed by atoms with Gasteiger partial charge in [0, 0.05) is 12.6 Å². The number of rotatable bonds is 5. The maximum absolute atomic E-state index is 12.1. The molecule has 20 heavy (non-hydrogen) atoms. The van der Waals surface area contributed by atoms with E-state index in [1.54, 1.807) is 0 Å². The van der Waals surface area contributed by atoms with Crippen molar-refractivity contribution in [3.63, 3.8) is 0 Å². The summed E-state index contributed by atoms with van der Waals surface area (Å²) in [5.41, 5.74) is 5.74. The number of carbonyl (C=O) groups is 2. The van der Waals surface area contributed by atoms with E-state index >= 15 is 0 Å². The number of hydrogen-bond acceptors (Lipinski definition) is 3. The van der Waals surface area contributed by atoms with Crippen molar-refractivity contribution in [2.75, 3.05) is 13.1 Å². The lowest BCUT2D eigenvalue weighted by atomic mass is 10.1. The van der Waals surface area contributed by atoms with E-state index in [1.165, 1.54) is 0 Å². The summed E-state index contributed by atoms with van der Waals surface area (Å²) in [6.45, 7) is 8.88. The summed E-state index contributed by atoms with van der Waals surface area (Å²) in [4.78, 5) is 25.7. The Morgan fingerprint density at radius 1 is 1.40 bits per heavy atom. The fourth-order valence-corrected chi connectivity index (χ4v) is 2.53. The summed E-state index contributed by atoms with van der Waals surface area (Å²) in [6, 6.07) is -0.231. The van der Waals surface area contributed by atoms with Crippen LogP contribution in [0.4, 0.5) is 0 Å². The van der Waals surface area contributed by atoms with Crippen LogP contribution in [0.25, 0.3) is 0 Å². The van der Waals surface area contributed by atoms with Gasteiger partial charge in [0.25, 0.3) is 0 Å². The van der Waals surface area contributed by atoms with E-state index in [9.17, 15) is 9.59 Å². The molecule has 5 nitrogen and oxygen atoms in total. The maximum atomic E-state index is 12.1. The highest BCUT2D eigenvalue weighted by Gasteiger charge is 2.31. The Bertz CT molecular complexity index is 336. The van der Waals surface area contributed by atoms with Crippen LogP contribution in [0.1, 0.15) is 40.5 Å². The summed E-state index contributed by atoms with van der Waals surface area (Å²) in [7, 11) is 0. The Kier molecular flexibility index (Phi) is 8.13. The Morgan fingerprint density at radius 2 is 2.00 bits per heavy atom. The van der Waals surface area contributed by atoms with Crippen LogP contribution >= 0.6 is 12.4 Å². The van der Waals surface area contributed by atoms with E-state index in [1.807, 2.05) is 18.7 Å². The molecule has 6 heteroatoms. The lowest BCUT2D eigenvalue weighted by molar-refractivity contribution is -0.134. The number of hydrogen-bond donors (Lipinski definition) is 2. The van der Waals surface area contributed by atoms with Crippen molar-refractivity contribution in [2.24, 2.45) is 17.6 Å². The quantitative estimate of drug-likeness (QED) is 0.800. The molecule has 2 unspecified atom stereocenters. The molecule has 1 saturated heterocycles. The van der Waals surface area contributed by atoms with Gasteiger partial charge in [-0.15, -0.1) is 12.4 Å². The summed E-state index contributed by atoms with van der Waals surface area (Å²) >= 11 is 0. The molecule has 0 radical (unpaired) electrons. The van der Waals surface area contributed by atoms with Gasteiger partial charge >= 0.3 is 0 Å². The zero-order valence-corrected chi connectivity index (χ0v) is 13.7. The van der Waals surface area contributed by atoms with E-state index < -0.39 is 6.04 Å². The van der Waals surface area contributed by atoms with Crippen LogP contribution in [0.2, 0.25) is 0 Å². The molecule has 0 aliphatic carbocycles. The Labute approximate surface area is 128 Å². The predicted molar refractivity (Wildman–Crippen MR) is 82.6 cm³/mol. The van der Waals surface area contributed by atoms with Gasteiger partial charge in [-0.1, -0.05) is 27.7 Å². The van der Waals surface area contributed by atoms with Gasteiger partial charge in [-0.2, -0.15) is 0 Å². The van der Waals surface area contributed by atoms with Gasteiger partial charge in [0.1, 0.15) is 0 Å². The first-order valence-electron chi connectivity index (χ1n) is 7.19. The number of nitrogens with one attached hydrogen (secondary N) is 1. The fourth-order valence-electron chi connectivity index (χ4n) is 2.53. The second-order valence-corrected chi connectivity index (χ2v) is 5.94. The molecule has 0 aromatic carbocycles. The van der Waals surface area contributed by atoms with E-state index in [-0.39, 0.29) is 36.7 Å². The van der Waals surface area contributed by atoms with E-state index in [0.717, 1.165) is 19.4 Å². The molecule has 1 aliphatic rings. The van der Waals surface area contributed by atoms with Crippen molar-refractivity contribution in [2.45, 2.75) is 52.6 Å². The number of nitrogens with zero attached hydrogens (tertiary/aromatic N) is 1. The predicted octanol–water partition coefficient (Wildman–Crippen LogP) is 1.15. The molecular formula is C14H28ClN3O2. The Balaban J connectivity index is 0.00000361. The van der Waals surface area contributed by atoms with Crippen molar-refractivity contribution >= 4 is 24.2 Å². The van der Waals surface area contributed by atoms with Crippen LogP contribution < -0.4 is 11.1 Å². The van der Waals surface area contributed by atoms with Crippen LogP contribution in [-0.4, -0.2) is 41.9 Å². The van der Waals surface area contributed by atoms with Gasteiger partial charge in [0.2, 0.25) is 11.8 Å². The Hall–Kier alpha value is -0.810. The minimum atomic E-state index is -0.549. The average molecular weight is 306 g/mol. The maximum Gasteiger partial charge on any atom is 0.242 e. The molecule has 1 aliphatic heterocycles. The lowest BCUT2D eigenvalue weighted by Gasteiger charge is -2.24. The molecule has 1 fully saturated rings. The van der Waals surface area contributed by atoms with Gasteiger partial charge in [0.15, 0.2) is 0 Å². The molecule has 0 saturated carbocycles. The van der Waals surface area contributed by atoms with Crippen molar-refractivity contribution in [3.05, 3.63) is 0 Å². The molecule has 3 N–H and O–H groups in total. The monoisotopic (exact) mass is 305 g/mol. The summed E-state index contributed by atoms with van der Waals surface area (Å²) < 4.78 is 0. The van der Waals surface area contributed by atoms with Gasteiger partial charge in [-0.25, -0.2) is 0 Å². The highest BCUT2D eigenvalue weighted by atomic mass is 35.5. The zero-order valence-electron chi connectivity index (χ0n) is 12.9. The van der Waals surface area contributed by atoms with Gasteiger partial charge in [-0.3, -0.25) is 9.59 Å². The van der Waals surface area contributed by atoms with Crippen molar-refractivity contribution in [1.82, 2.24) is 10.2 Å². The normalized spacial score (nSPS) is 23.4. The average Bonchev–Trinajstić information content (AvgIpc) is 2.75. The third-order valence-corrected chi connectivity index (χ3v) is 3.85. The fraction of sp³-hybridized carbons (Fsp3) is 0.857. The molecule has 118 valence electrons. The smallest absolute Gasteiger partial charge is 0.242 e. The van der Waals surface area contributed by atoms with Gasteiger partial charge in [-0.05, 0) is 24.7 Å². The number of halogens is 1. The first-order valence-corrected chi connectivity index (χ1v) is 7.19. The number of amides is 2. The van der Waals surface area contributed by atoms with Crippen LogP contribution in [0.15, 0.2) is 0 Å². The second kappa shape index (κ2) is 8.47. The second-order valence-electron chi connectivity index (χ2n) is 5.94. The molecule has 0 aromatic rings. The summed E-state index contributed by atoms with van der Waals surface area (Å²) in [6.07, 6.45) is 2.03. The molecular weight excluding hydrogens is 278 g/mol. The SMILES string of the molecule is CCC1CC(C)CN1C(=O)CNC(=O)[C@@H](N)C(C)C.Cl.